The zero-order chi connectivity index (χ0) is 17.8. The van der Waals surface area contributed by atoms with Crippen LogP contribution in [0.1, 0.15) is 11.1 Å². The molecule has 0 saturated carbocycles. The molecule has 1 aliphatic carbocycles. The van der Waals surface area contributed by atoms with E-state index in [2.05, 4.69) is 10.5 Å². The first kappa shape index (κ1) is 17.0. The topological polar surface area (TPSA) is 68.5 Å². The van der Waals surface area contributed by atoms with E-state index in [1.807, 2.05) is 68.5 Å². The van der Waals surface area contributed by atoms with Crippen LogP contribution in [-0.4, -0.2) is 16.5 Å². The van der Waals surface area contributed by atoms with Gasteiger partial charge >= 0.3 is 0 Å². The molecule has 0 spiro atoms. The van der Waals surface area contributed by atoms with Gasteiger partial charge in [0.15, 0.2) is 0 Å². The fraction of sp³-hybridized carbons (Fsp3) is 0.100. The molecule has 0 unspecified atom stereocenters. The van der Waals surface area contributed by atoms with Crippen LogP contribution < -0.4 is 5.43 Å². The van der Waals surface area contributed by atoms with Crippen molar-refractivity contribution in [2.24, 2.45) is 5.10 Å². The Morgan fingerprint density at radius 2 is 1.84 bits per heavy atom. The monoisotopic (exact) mass is 349 g/mol. The van der Waals surface area contributed by atoms with Crippen LogP contribution in [-0.2, 0) is 0 Å². The summed E-state index contributed by atoms with van der Waals surface area (Å²) < 4.78 is 0. The van der Waals surface area contributed by atoms with Crippen molar-refractivity contribution < 1.29 is 5.11 Å². The highest BCUT2D eigenvalue weighted by molar-refractivity contribution is 8.03. The zero-order valence-electron chi connectivity index (χ0n) is 14.1. The lowest BCUT2D eigenvalue weighted by Crippen LogP contribution is -2.13. The van der Waals surface area contributed by atoms with Crippen molar-refractivity contribution >= 4 is 28.9 Å². The Kier molecular flexibility index (Phi) is 5.05. The van der Waals surface area contributed by atoms with Crippen LogP contribution in [0.2, 0.25) is 0 Å². The molecular weight excluding hydrogens is 330 g/mol. The molecule has 0 aromatic heterocycles. The normalized spacial score (nSPS) is 15.4. The summed E-state index contributed by atoms with van der Waals surface area (Å²) in [5, 5.41) is 22.5. The predicted octanol–water partition coefficient (Wildman–Crippen LogP) is 5.04. The first-order valence-electron chi connectivity index (χ1n) is 7.88. The van der Waals surface area contributed by atoms with E-state index >= 15 is 0 Å². The molecule has 5 heteroatoms. The molecule has 25 heavy (non-hydrogen) atoms. The molecule has 2 aromatic rings. The number of aryl methyl sites for hydroxylation is 2. The minimum absolute atomic E-state index is 0.177. The lowest BCUT2D eigenvalue weighted by atomic mass is 10.1. The molecule has 0 aliphatic heterocycles. The van der Waals surface area contributed by atoms with Crippen LogP contribution in [0.5, 0.6) is 5.75 Å². The molecule has 126 valence electrons. The lowest BCUT2D eigenvalue weighted by molar-refractivity contribution is 0.473. The van der Waals surface area contributed by atoms with Crippen LogP contribution in [0, 0.1) is 19.3 Å². The van der Waals surface area contributed by atoms with Gasteiger partial charge in [-0.2, -0.15) is 5.10 Å². The first-order valence-corrected chi connectivity index (χ1v) is 8.70. The van der Waals surface area contributed by atoms with E-state index in [1.54, 1.807) is 17.8 Å². The maximum absolute atomic E-state index is 10.1. The molecule has 4 nitrogen and oxygen atoms in total. The van der Waals surface area contributed by atoms with E-state index in [0.717, 1.165) is 20.9 Å². The number of phenols is 1. The average Bonchev–Trinajstić information content (AvgIpc) is 2.60. The molecule has 3 N–H and O–H groups in total. The molecule has 3 rings (SSSR count). The second-order valence-corrected chi connectivity index (χ2v) is 6.94. The minimum atomic E-state index is 0.177. The minimum Gasteiger partial charge on any atom is -0.505 e. The third kappa shape index (κ3) is 4.19. The highest BCUT2D eigenvalue weighted by Crippen LogP contribution is 2.30. The van der Waals surface area contributed by atoms with E-state index in [-0.39, 0.29) is 5.75 Å². The molecular formula is C20H19N3OS. The van der Waals surface area contributed by atoms with Gasteiger partial charge in [-0.3, -0.25) is 10.8 Å². The van der Waals surface area contributed by atoms with Crippen molar-refractivity contribution in [3.63, 3.8) is 0 Å². The summed E-state index contributed by atoms with van der Waals surface area (Å²) in [6, 6.07) is 13.8. The second-order valence-electron chi connectivity index (χ2n) is 5.80. The molecule has 2 aromatic carbocycles. The van der Waals surface area contributed by atoms with Gasteiger partial charge in [0.1, 0.15) is 11.5 Å². The molecule has 0 atom stereocenters. The standard InChI is InChI=1S/C20H19N3OS/c1-13-10-14(2)20(24)19(11-13)23-22-18-12-16(8-9-17(18)21)25-15-6-4-3-5-7-15/h3-12,21,23-24H,1-2H3/b21-17?,22-18-. The summed E-state index contributed by atoms with van der Waals surface area (Å²) in [7, 11) is 0. The highest BCUT2D eigenvalue weighted by atomic mass is 32.2. The number of nitrogens with zero attached hydrogens (tertiary/aromatic N) is 1. The van der Waals surface area contributed by atoms with Crippen molar-refractivity contribution in [3.8, 4) is 5.75 Å². The number of hydrogen-bond donors (Lipinski definition) is 3. The van der Waals surface area contributed by atoms with Gasteiger partial charge in [-0.15, -0.1) is 0 Å². The van der Waals surface area contributed by atoms with E-state index in [1.165, 1.54) is 0 Å². The maximum atomic E-state index is 10.1. The molecule has 0 amide bonds. The number of thioether (sulfide) groups is 1. The highest BCUT2D eigenvalue weighted by Gasteiger charge is 2.11. The summed E-state index contributed by atoms with van der Waals surface area (Å²) >= 11 is 1.62. The van der Waals surface area contributed by atoms with Crippen molar-refractivity contribution in [2.75, 3.05) is 5.43 Å². The van der Waals surface area contributed by atoms with Crippen LogP contribution in [0.25, 0.3) is 0 Å². The number of phenolic OH excluding ortho intramolecular Hbond substituents is 1. The van der Waals surface area contributed by atoms with Gasteiger partial charge in [-0.05, 0) is 61.4 Å². The molecule has 0 saturated heterocycles. The van der Waals surface area contributed by atoms with Gasteiger partial charge in [-0.1, -0.05) is 36.0 Å². The Morgan fingerprint density at radius 3 is 2.60 bits per heavy atom. The van der Waals surface area contributed by atoms with Crippen molar-refractivity contribution in [2.45, 2.75) is 18.7 Å². The van der Waals surface area contributed by atoms with Gasteiger partial charge in [0.05, 0.1) is 11.4 Å². The van der Waals surface area contributed by atoms with Crippen LogP contribution in [0.3, 0.4) is 0 Å². The number of anilines is 1. The number of hydrogen-bond acceptors (Lipinski definition) is 5. The number of rotatable bonds is 4. The quantitative estimate of drug-likeness (QED) is 0.411. The number of benzene rings is 2. The summed E-state index contributed by atoms with van der Waals surface area (Å²) in [4.78, 5) is 2.14. The van der Waals surface area contributed by atoms with E-state index in [9.17, 15) is 5.11 Å². The lowest BCUT2D eigenvalue weighted by Gasteiger charge is -2.12. The fourth-order valence-electron chi connectivity index (χ4n) is 2.46. The maximum Gasteiger partial charge on any atom is 0.143 e. The molecule has 0 bridgehead atoms. The Balaban J connectivity index is 1.82. The summed E-state index contributed by atoms with van der Waals surface area (Å²) in [5.74, 6) is 0.177. The van der Waals surface area contributed by atoms with Gasteiger partial charge in [0, 0.05) is 9.80 Å². The predicted molar refractivity (Wildman–Crippen MR) is 106 cm³/mol. The number of nitrogens with one attached hydrogen (secondary N) is 2. The average molecular weight is 349 g/mol. The Bertz CT molecular complexity index is 899. The Hall–Kier alpha value is -2.79. The molecule has 0 radical (unpaired) electrons. The zero-order valence-corrected chi connectivity index (χ0v) is 14.9. The number of allylic oxidation sites excluding steroid dienone is 3. The van der Waals surface area contributed by atoms with Crippen LogP contribution in [0.15, 0.2) is 75.6 Å². The molecule has 1 aliphatic rings. The molecule has 0 heterocycles. The van der Waals surface area contributed by atoms with Gasteiger partial charge in [0.2, 0.25) is 0 Å². The van der Waals surface area contributed by atoms with Crippen LogP contribution in [0.4, 0.5) is 5.69 Å². The van der Waals surface area contributed by atoms with Crippen LogP contribution >= 0.6 is 11.8 Å². The Labute approximate surface area is 151 Å². The number of aromatic hydroxyl groups is 1. The van der Waals surface area contributed by atoms with E-state index in [0.29, 0.717) is 17.1 Å². The van der Waals surface area contributed by atoms with E-state index in [4.69, 9.17) is 5.41 Å². The van der Waals surface area contributed by atoms with Gasteiger partial charge < -0.3 is 5.11 Å². The van der Waals surface area contributed by atoms with Crippen molar-refractivity contribution in [1.29, 1.82) is 5.41 Å². The van der Waals surface area contributed by atoms with Gasteiger partial charge in [-0.25, -0.2) is 0 Å². The third-order valence-corrected chi connectivity index (χ3v) is 4.69. The Morgan fingerprint density at radius 1 is 1.08 bits per heavy atom. The van der Waals surface area contributed by atoms with E-state index < -0.39 is 0 Å². The van der Waals surface area contributed by atoms with Crippen molar-refractivity contribution in [3.05, 3.63) is 76.7 Å². The summed E-state index contributed by atoms with van der Waals surface area (Å²) in [5.41, 5.74) is 6.11. The fourth-order valence-corrected chi connectivity index (χ4v) is 3.33. The number of hydrazone groups is 1. The second kappa shape index (κ2) is 7.40. The largest absolute Gasteiger partial charge is 0.505 e. The first-order chi connectivity index (χ1) is 12.0. The SMILES string of the molecule is Cc1cc(C)c(O)c(N/N=C2/C=C(Sc3ccccc3)C=CC2=N)c1. The van der Waals surface area contributed by atoms with Gasteiger partial charge in [0.25, 0.3) is 0 Å². The smallest absolute Gasteiger partial charge is 0.143 e. The molecule has 0 fully saturated rings. The third-order valence-electron chi connectivity index (χ3n) is 3.69. The summed E-state index contributed by atoms with van der Waals surface area (Å²) in [6.45, 7) is 3.81. The summed E-state index contributed by atoms with van der Waals surface area (Å²) in [6.07, 6.45) is 5.51. The van der Waals surface area contributed by atoms with Crippen molar-refractivity contribution in [1.82, 2.24) is 0 Å².